The number of carbonyl (C=O) groups is 2. The minimum Gasteiger partial charge on any atom is -0.497 e. The average Bonchev–Trinajstić information content (AvgIpc) is 3.33. The van der Waals surface area contributed by atoms with Crippen LogP contribution in [0.2, 0.25) is 0 Å². The molecule has 0 saturated carbocycles. The molecule has 0 radical (unpaired) electrons. The third-order valence-electron chi connectivity index (χ3n) is 5.90. The first-order valence-corrected chi connectivity index (χ1v) is 11.9. The Bertz CT molecular complexity index is 1330. The Hall–Kier alpha value is -4.39. The first-order valence-electron chi connectivity index (χ1n) is 11.9. The van der Waals surface area contributed by atoms with Crippen molar-refractivity contribution >= 4 is 17.5 Å². The summed E-state index contributed by atoms with van der Waals surface area (Å²) < 4.78 is 7.17. The van der Waals surface area contributed by atoms with Crippen LogP contribution in [0.25, 0.3) is 11.3 Å². The van der Waals surface area contributed by atoms with Crippen molar-refractivity contribution in [1.82, 2.24) is 15.1 Å². The molecule has 7 nitrogen and oxygen atoms in total. The second-order valence-electron chi connectivity index (χ2n) is 8.53. The number of hydrogen-bond acceptors (Lipinski definition) is 4. The van der Waals surface area contributed by atoms with Crippen molar-refractivity contribution in [3.8, 4) is 17.0 Å². The van der Waals surface area contributed by atoms with E-state index in [1.165, 1.54) is 0 Å². The predicted octanol–water partition coefficient (Wildman–Crippen LogP) is 5.45. The lowest BCUT2D eigenvalue weighted by atomic mass is 10.1. The number of nitrogens with one attached hydrogen (secondary N) is 2. The number of methoxy groups -OCH3 is 1. The molecular formula is C29H30N4O3. The van der Waals surface area contributed by atoms with Gasteiger partial charge < -0.3 is 15.4 Å². The topological polar surface area (TPSA) is 85.3 Å². The number of aromatic nitrogens is 2. The SMILES string of the molecule is CCC(=O)Nc1ccc(C(C)NC(=O)c2cn(Cc3ccccc3)nc2-c2cccc(OC)c2)cc1. The van der Waals surface area contributed by atoms with Crippen molar-refractivity contribution in [2.45, 2.75) is 32.9 Å². The van der Waals surface area contributed by atoms with Gasteiger partial charge in [-0.05, 0) is 42.3 Å². The fourth-order valence-corrected chi connectivity index (χ4v) is 3.88. The number of ether oxygens (including phenoxy) is 1. The van der Waals surface area contributed by atoms with Crippen LogP contribution in [0.3, 0.4) is 0 Å². The first kappa shape index (κ1) is 24.7. The van der Waals surface area contributed by atoms with Crippen LogP contribution in [0.15, 0.2) is 85.1 Å². The van der Waals surface area contributed by atoms with Gasteiger partial charge in [-0.1, -0.05) is 61.5 Å². The highest BCUT2D eigenvalue weighted by molar-refractivity contribution is 6.00. The van der Waals surface area contributed by atoms with Gasteiger partial charge in [0.1, 0.15) is 11.4 Å². The summed E-state index contributed by atoms with van der Waals surface area (Å²) in [5.41, 5.74) is 4.62. The Balaban J connectivity index is 1.58. The largest absolute Gasteiger partial charge is 0.497 e. The van der Waals surface area contributed by atoms with Crippen molar-refractivity contribution in [3.05, 3.63) is 102 Å². The van der Waals surface area contributed by atoms with E-state index in [2.05, 4.69) is 10.6 Å². The van der Waals surface area contributed by atoms with E-state index in [1.54, 1.807) is 18.0 Å². The highest BCUT2D eigenvalue weighted by Gasteiger charge is 2.20. The highest BCUT2D eigenvalue weighted by Crippen LogP contribution is 2.27. The van der Waals surface area contributed by atoms with Crippen LogP contribution in [0.1, 0.15) is 47.8 Å². The zero-order valence-electron chi connectivity index (χ0n) is 20.7. The van der Waals surface area contributed by atoms with Gasteiger partial charge in [-0.3, -0.25) is 14.3 Å². The first-order chi connectivity index (χ1) is 17.5. The van der Waals surface area contributed by atoms with E-state index in [4.69, 9.17) is 9.84 Å². The number of hydrogen-bond donors (Lipinski definition) is 2. The lowest BCUT2D eigenvalue weighted by molar-refractivity contribution is -0.115. The molecule has 0 saturated heterocycles. The van der Waals surface area contributed by atoms with E-state index >= 15 is 0 Å². The van der Waals surface area contributed by atoms with Gasteiger partial charge in [-0.15, -0.1) is 0 Å². The van der Waals surface area contributed by atoms with E-state index in [-0.39, 0.29) is 17.9 Å². The molecule has 1 aromatic heterocycles. The quantitative estimate of drug-likeness (QED) is 0.332. The summed E-state index contributed by atoms with van der Waals surface area (Å²) in [7, 11) is 1.61. The van der Waals surface area contributed by atoms with Gasteiger partial charge in [-0.25, -0.2) is 0 Å². The molecule has 0 fully saturated rings. The second-order valence-corrected chi connectivity index (χ2v) is 8.53. The molecule has 0 aliphatic carbocycles. The summed E-state index contributed by atoms with van der Waals surface area (Å²) in [6.07, 6.45) is 2.20. The predicted molar refractivity (Wildman–Crippen MR) is 141 cm³/mol. The normalized spacial score (nSPS) is 11.5. The molecule has 4 rings (SSSR count). The van der Waals surface area contributed by atoms with Crippen molar-refractivity contribution in [3.63, 3.8) is 0 Å². The molecule has 1 unspecified atom stereocenters. The maximum Gasteiger partial charge on any atom is 0.255 e. The van der Waals surface area contributed by atoms with Gasteiger partial charge in [0.05, 0.1) is 25.3 Å². The van der Waals surface area contributed by atoms with E-state index in [0.717, 1.165) is 22.4 Å². The number of benzene rings is 3. The molecule has 3 aromatic carbocycles. The Labute approximate surface area is 211 Å². The lowest BCUT2D eigenvalue weighted by Crippen LogP contribution is -2.26. The summed E-state index contributed by atoms with van der Waals surface area (Å²) in [6.45, 7) is 4.28. The molecule has 7 heteroatoms. The Morgan fingerprint density at radius 1 is 1.00 bits per heavy atom. The molecule has 1 atom stereocenters. The molecule has 1 heterocycles. The second kappa shape index (κ2) is 11.4. The molecule has 2 amide bonds. The minimum absolute atomic E-state index is 0.0401. The smallest absolute Gasteiger partial charge is 0.255 e. The molecule has 4 aromatic rings. The maximum absolute atomic E-state index is 13.4. The fraction of sp³-hybridized carbons (Fsp3) is 0.207. The van der Waals surface area contributed by atoms with Gasteiger partial charge in [0.2, 0.25) is 5.91 Å². The summed E-state index contributed by atoms with van der Waals surface area (Å²) in [5.74, 6) is 0.435. The third kappa shape index (κ3) is 5.99. The number of amides is 2. The van der Waals surface area contributed by atoms with E-state index in [1.807, 2.05) is 92.7 Å². The van der Waals surface area contributed by atoms with Crippen molar-refractivity contribution in [2.24, 2.45) is 0 Å². The van der Waals surface area contributed by atoms with E-state index in [9.17, 15) is 9.59 Å². The van der Waals surface area contributed by atoms with E-state index in [0.29, 0.717) is 30.0 Å². The van der Waals surface area contributed by atoms with Crippen molar-refractivity contribution in [2.75, 3.05) is 12.4 Å². The molecule has 0 spiro atoms. The minimum atomic E-state index is -0.246. The molecule has 0 bridgehead atoms. The standard InChI is InChI=1S/C29H30N4O3/c1-4-27(34)31-24-15-13-22(14-16-24)20(2)30-29(35)26-19-33(18-21-9-6-5-7-10-21)32-28(26)23-11-8-12-25(17-23)36-3/h5-17,19-20H,4,18H2,1-3H3,(H,30,35)(H,31,34). The zero-order valence-corrected chi connectivity index (χ0v) is 20.7. The number of anilines is 1. The number of nitrogens with zero attached hydrogens (tertiary/aromatic N) is 2. The summed E-state index contributed by atoms with van der Waals surface area (Å²) in [5, 5.41) is 10.7. The van der Waals surface area contributed by atoms with Crippen molar-refractivity contribution in [1.29, 1.82) is 0 Å². The summed E-state index contributed by atoms with van der Waals surface area (Å²) in [4.78, 5) is 25.1. The lowest BCUT2D eigenvalue weighted by Gasteiger charge is -2.15. The fourth-order valence-electron chi connectivity index (χ4n) is 3.88. The number of carbonyl (C=O) groups excluding carboxylic acids is 2. The summed E-state index contributed by atoms with van der Waals surface area (Å²) in [6, 6.07) is 24.8. The van der Waals surface area contributed by atoms with Gasteiger partial charge >= 0.3 is 0 Å². The molecule has 184 valence electrons. The van der Waals surface area contributed by atoms with Gasteiger partial charge in [0.25, 0.3) is 5.91 Å². The molecular weight excluding hydrogens is 452 g/mol. The monoisotopic (exact) mass is 482 g/mol. The zero-order chi connectivity index (χ0) is 25.5. The molecule has 36 heavy (non-hydrogen) atoms. The van der Waals surface area contributed by atoms with E-state index < -0.39 is 0 Å². The summed E-state index contributed by atoms with van der Waals surface area (Å²) >= 11 is 0. The Morgan fingerprint density at radius 3 is 2.44 bits per heavy atom. The molecule has 0 aliphatic heterocycles. The molecule has 0 aliphatic rings. The maximum atomic E-state index is 13.4. The van der Waals surface area contributed by atoms with Gasteiger partial charge in [0, 0.05) is 23.9 Å². The van der Waals surface area contributed by atoms with Crippen LogP contribution < -0.4 is 15.4 Å². The van der Waals surface area contributed by atoms with Crippen molar-refractivity contribution < 1.29 is 14.3 Å². The van der Waals surface area contributed by atoms with Crippen LogP contribution in [0.5, 0.6) is 5.75 Å². The van der Waals surface area contributed by atoms with Crippen LogP contribution in [0.4, 0.5) is 5.69 Å². The Kier molecular flexibility index (Phi) is 7.80. The van der Waals surface area contributed by atoms with Gasteiger partial charge in [-0.2, -0.15) is 5.10 Å². The number of rotatable bonds is 9. The third-order valence-corrected chi connectivity index (χ3v) is 5.90. The van der Waals surface area contributed by atoms with Crippen LogP contribution in [0, 0.1) is 0 Å². The Morgan fingerprint density at radius 2 is 1.75 bits per heavy atom. The highest BCUT2D eigenvalue weighted by atomic mass is 16.5. The van der Waals surface area contributed by atoms with Crippen LogP contribution in [-0.4, -0.2) is 28.7 Å². The average molecular weight is 483 g/mol. The van der Waals surface area contributed by atoms with Crippen LogP contribution in [-0.2, 0) is 11.3 Å². The van der Waals surface area contributed by atoms with Gasteiger partial charge in [0.15, 0.2) is 0 Å². The van der Waals surface area contributed by atoms with Crippen LogP contribution >= 0.6 is 0 Å². The molecule has 2 N–H and O–H groups in total.